The molecule has 0 aromatic heterocycles. The highest BCUT2D eigenvalue weighted by Crippen LogP contribution is 2.43. The van der Waals surface area contributed by atoms with Gasteiger partial charge < -0.3 is 5.73 Å². The molecule has 2 aliphatic rings. The highest BCUT2D eigenvalue weighted by atomic mass is 14.6. The van der Waals surface area contributed by atoms with Gasteiger partial charge in [-0.2, -0.15) is 0 Å². The van der Waals surface area contributed by atoms with Crippen molar-refractivity contribution in [2.45, 2.75) is 44.9 Å². The molecule has 2 N–H and O–H groups in total. The van der Waals surface area contributed by atoms with Gasteiger partial charge in [-0.1, -0.05) is 32.1 Å². The molecule has 70 valence electrons. The van der Waals surface area contributed by atoms with E-state index >= 15 is 0 Å². The summed E-state index contributed by atoms with van der Waals surface area (Å²) in [6, 6.07) is 0. The lowest BCUT2D eigenvalue weighted by Gasteiger charge is -2.07. The number of hydrogen-bond acceptors (Lipinski definition) is 1. The van der Waals surface area contributed by atoms with E-state index in [9.17, 15) is 0 Å². The van der Waals surface area contributed by atoms with E-state index in [2.05, 4.69) is 0 Å². The third kappa shape index (κ3) is 2.01. The summed E-state index contributed by atoms with van der Waals surface area (Å²) < 4.78 is 0. The molecule has 0 radical (unpaired) electrons. The molecule has 2 aliphatic carbocycles. The molecule has 0 amide bonds. The Hall–Kier alpha value is -0.0400. The standard InChI is InChI=1S/C11H21N/c12-8-11-7-10(11)6-5-9-3-1-2-4-9/h9-11H,1-8,12H2/t10-,11+/m1/s1. The maximum absolute atomic E-state index is 5.61. The zero-order valence-electron chi connectivity index (χ0n) is 7.97. The van der Waals surface area contributed by atoms with Crippen LogP contribution in [0.5, 0.6) is 0 Å². The van der Waals surface area contributed by atoms with Gasteiger partial charge in [-0.15, -0.1) is 0 Å². The predicted molar refractivity (Wildman–Crippen MR) is 51.8 cm³/mol. The summed E-state index contributed by atoms with van der Waals surface area (Å²) in [7, 11) is 0. The normalized spacial score (nSPS) is 35.8. The summed E-state index contributed by atoms with van der Waals surface area (Å²) in [6.07, 6.45) is 10.4. The molecular weight excluding hydrogens is 146 g/mol. The zero-order chi connectivity index (χ0) is 8.39. The fraction of sp³-hybridized carbons (Fsp3) is 1.00. The van der Waals surface area contributed by atoms with Crippen LogP contribution in [0.15, 0.2) is 0 Å². The molecule has 0 saturated heterocycles. The van der Waals surface area contributed by atoms with Crippen LogP contribution in [0.2, 0.25) is 0 Å². The summed E-state index contributed by atoms with van der Waals surface area (Å²) >= 11 is 0. The summed E-state index contributed by atoms with van der Waals surface area (Å²) in [5, 5.41) is 0. The molecule has 1 nitrogen and oxygen atoms in total. The second-order valence-electron chi connectivity index (χ2n) is 4.72. The summed E-state index contributed by atoms with van der Waals surface area (Å²) in [4.78, 5) is 0. The van der Waals surface area contributed by atoms with Crippen LogP contribution in [0.25, 0.3) is 0 Å². The molecule has 0 bridgehead atoms. The summed E-state index contributed by atoms with van der Waals surface area (Å²) in [5.41, 5.74) is 5.61. The molecule has 2 fully saturated rings. The lowest BCUT2D eigenvalue weighted by Crippen LogP contribution is -2.03. The summed E-state index contributed by atoms with van der Waals surface area (Å²) in [6.45, 7) is 0.940. The van der Waals surface area contributed by atoms with Gasteiger partial charge in [-0.05, 0) is 37.1 Å². The summed E-state index contributed by atoms with van der Waals surface area (Å²) in [5.74, 6) is 3.02. The van der Waals surface area contributed by atoms with Gasteiger partial charge in [0.1, 0.15) is 0 Å². The van der Waals surface area contributed by atoms with E-state index in [1.807, 2.05) is 0 Å². The first-order valence-electron chi connectivity index (χ1n) is 5.60. The first kappa shape index (κ1) is 8.55. The van der Waals surface area contributed by atoms with E-state index < -0.39 is 0 Å². The minimum Gasteiger partial charge on any atom is -0.330 e. The SMILES string of the molecule is NC[C@@H]1C[C@H]1CCC1CCCC1. The molecule has 1 heteroatoms. The molecule has 2 rings (SSSR count). The lowest BCUT2D eigenvalue weighted by atomic mass is 9.99. The van der Waals surface area contributed by atoms with Gasteiger partial charge in [0.15, 0.2) is 0 Å². The van der Waals surface area contributed by atoms with Crippen molar-refractivity contribution in [2.75, 3.05) is 6.54 Å². The van der Waals surface area contributed by atoms with Crippen LogP contribution in [0.4, 0.5) is 0 Å². The van der Waals surface area contributed by atoms with Crippen molar-refractivity contribution in [2.24, 2.45) is 23.5 Å². The van der Waals surface area contributed by atoms with Gasteiger partial charge in [0.25, 0.3) is 0 Å². The van der Waals surface area contributed by atoms with E-state index in [1.165, 1.54) is 44.9 Å². The first-order chi connectivity index (χ1) is 5.90. The smallest absolute Gasteiger partial charge is 0.00461 e. The molecule has 0 heterocycles. The molecule has 0 aromatic carbocycles. The Balaban J connectivity index is 1.57. The minimum absolute atomic E-state index is 0.909. The second-order valence-corrected chi connectivity index (χ2v) is 4.72. The molecule has 0 spiro atoms. The largest absolute Gasteiger partial charge is 0.330 e. The van der Waals surface area contributed by atoms with Gasteiger partial charge in [0.05, 0.1) is 0 Å². The zero-order valence-corrected chi connectivity index (χ0v) is 7.97. The number of hydrogen-bond donors (Lipinski definition) is 1. The van der Waals surface area contributed by atoms with Crippen molar-refractivity contribution >= 4 is 0 Å². The second kappa shape index (κ2) is 3.78. The molecule has 2 atom stereocenters. The van der Waals surface area contributed by atoms with Gasteiger partial charge in [-0.3, -0.25) is 0 Å². The fourth-order valence-corrected chi connectivity index (χ4v) is 2.70. The molecule has 0 unspecified atom stereocenters. The quantitative estimate of drug-likeness (QED) is 0.684. The Kier molecular flexibility index (Phi) is 2.69. The molecule has 2 saturated carbocycles. The highest BCUT2D eigenvalue weighted by Gasteiger charge is 2.35. The minimum atomic E-state index is 0.909. The maximum atomic E-state index is 5.61. The third-order valence-corrected chi connectivity index (χ3v) is 3.79. The molecule has 12 heavy (non-hydrogen) atoms. The van der Waals surface area contributed by atoms with Crippen LogP contribution in [0.3, 0.4) is 0 Å². The van der Waals surface area contributed by atoms with Crippen molar-refractivity contribution in [1.29, 1.82) is 0 Å². The Morgan fingerprint density at radius 3 is 2.33 bits per heavy atom. The van der Waals surface area contributed by atoms with Gasteiger partial charge in [0, 0.05) is 0 Å². The van der Waals surface area contributed by atoms with Crippen molar-refractivity contribution in [3.05, 3.63) is 0 Å². The molecule has 0 aliphatic heterocycles. The monoisotopic (exact) mass is 167 g/mol. The van der Waals surface area contributed by atoms with Crippen LogP contribution in [0, 0.1) is 17.8 Å². The van der Waals surface area contributed by atoms with Crippen molar-refractivity contribution in [3.8, 4) is 0 Å². The van der Waals surface area contributed by atoms with Crippen molar-refractivity contribution in [1.82, 2.24) is 0 Å². The van der Waals surface area contributed by atoms with Crippen LogP contribution < -0.4 is 5.73 Å². The number of nitrogens with two attached hydrogens (primary N) is 1. The molecular formula is C11H21N. The van der Waals surface area contributed by atoms with E-state index in [0.29, 0.717) is 0 Å². The third-order valence-electron chi connectivity index (χ3n) is 3.79. The van der Waals surface area contributed by atoms with Crippen LogP contribution in [-0.2, 0) is 0 Å². The average molecular weight is 167 g/mol. The van der Waals surface area contributed by atoms with E-state index in [1.54, 1.807) is 0 Å². The lowest BCUT2D eigenvalue weighted by molar-refractivity contribution is 0.456. The van der Waals surface area contributed by atoms with Crippen molar-refractivity contribution in [3.63, 3.8) is 0 Å². The van der Waals surface area contributed by atoms with Gasteiger partial charge in [-0.25, -0.2) is 0 Å². The van der Waals surface area contributed by atoms with E-state index in [4.69, 9.17) is 5.73 Å². The van der Waals surface area contributed by atoms with Crippen LogP contribution in [0.1, 0.15) is 44.9 Å². The predicted octanol–water partition coefficient (Wildman–Crippen LogP) is 2.55. The Morgan fingerprint density at radius 2 is 1.75 bits per heavy atom. The van der Waals surface area contributed by atoms with Crippen LogP contribution in [-0.4, -0.2) is 6.54 Å². The van der Waals surface area contributed by atoms with Gasteiger partial charge >= 0.3 is 0 Å². The van der Waals surface area contributed by atoms with Crippen molar-refractivity contribution < 1.29 is 0 Å². The van der Waals surface area contributed by atoms with Gasteiger partial charge in [0.2, 0.25) is 0 Å². The van der Waals surface area contributed by atoms with E-state index in [0.717, 1.165) is 24.3 Å². The Labute approximate surface area is 75.7 Å². The molecule has 0 aromatic rings. The number of rotatable bonds is 4. The topological polar surface area (TPSA) is 26.0 Å². The highest BCUT2D eigenvalue weighted by molar-refractivity contribution is 4.87. The van der Waals surface area contributed by atoms with E-state index in [-0.39, 0.29) is 0 Å². The Morgan fingerprint density at radius 1 is 1.00 bits per heavy atom. The first-order valence-corrected chi connectivity index (χ1v) is 5.60. The average Bonchev–Trinajstić information content (AvgIpc) is 2.67. The maximum Gasteiger partial charge on any atom is -0.00461 e. The van der Waals surface area contributed by atoms with Crippen LogP contribution >= 0.6 is 0 Å². The Bertz CT molecular complexity index is 138. The fourth-order valence-electron chi connectivity index (χ4n) is 2.70.